The van der Waals surface area contributed by atoms with Gasteiger partial charge in [0.05, 0.1) is 5.56 Å². The highest BCUT2D eigenvalue weighted by molar-refractivity contribution is 6.51. The SMILES string of the molecule is Nc1ncnc2c1[N+]([O-])=C(c1ccc(F)cc1)C2=O. The van der Waals surface area contributed by atoms with Crippen molar-refractivity contribution in [2.75, 3.05) is 5.73 Å². The molecule has 1 aliphatic rings. The highest BCUT2D eigenvalue weighted by Gasteiger charge is 2.40. The molecule has 0 spiro atoms. The molecule has 0 saturated carbocycles. The fourth-order valence-electron chi connectivity index (χ4n) is 1.93. The predicted molar refractivity (Wildman–Crippen MR) is 64.6 cm³/mol. The fraction of sp³-hybridized carbons (Fsp3) is 0. The number of rotatable bonds is 1. The van der Waals surface area contributed by atoms with Crippen LogP contribution in [0.4, 0.5) is 15.9 Å². The smallest absolute Gasteiger partial charge is 0.289 e. The van der Waals surface area contributed by atoms with Crippen LogP contribution in [0.25, 0.3) is 0 Å². The van der Waals surface area contributed by atoms with E-state index in [0.717, 1.165) is 6.33 Å². The van der Waals surface area contributed by atoms with Crippen LogP contribution in [-0.2, 0) is 0 Å². The van der Waals surface area contributed by atoms with E-state index >= 15 is 0 Å². The van der Waals surface area contributed by atoms with Crippen LogP contribution >= 0.6 is 0 Å². The number of carbonyl (C=O) groups is 1. The first-order valence-corrected chi connectivity index (χ1v) is 5.35. The number of nitrogen functional groups attached to an aromatic ring is 1. The van der Waals surface area contributed by atoms with Gasteiger partial charge in [-0.1, -0.05) is 0 Å². The maximum absolute atomic E-state index is 12.9. The first-order chi connectivity index (χ1) is 9.09. The molecular weight excluding hydrogens is 251 g/mol. The summed E-state index contributed by atoms with van der Waals surface area (Å²) in [4.78, 5) is 19.6. The van der Waals surface area contributed by atoms with Gasteiger partial charge in [-0.15, -0.1) is 0 Å². The summed E-state index contributed by atoms with van der Waals surface area (Å²) in [6, 6.07) is 5.04. The maximum Gasteiger partial charge on any atom is 0.289 e. The Balaban J connectivity index is 2.22. The molecule has 0 bridgehead atoms. The third-order valence-corrected chi connectivity index (χ3v) is 2.80. The molecule has 6 nitrogen and oxygen atoms in total. The Kier molecular flexibility index (Phi) is 2.28. The number of ketones is 1. The van der Waals surface area contributed by atoms with Crippen LogP contribution in [0.1, 0.15) is 16.1 Å². The zero-order chi connectivity index (χ0) is 13.6. The van der Waals surface area contributed by atoms with Crippen molar-refractivity contribution in [1.29, 1.82) is 0 Å². The first-order valence-electron chi connectivity index (χ1n) is 5.35. The number of hydrogen-bond acceptors (Lipinski definition) is 5. The molecule has 2 heterocycles. The molecule has 1 aliphatic heterocycles. The van der Waals surface area contributed by atoms with E-state index in [2.05, 4.69) is 9.97 Å². The average Bonchev–Trinajstić information content (AvgIpc) is 2.65. The quantitative estimate of drug-likeness (QED) is 0.608. The van der Waals surface area contributed by atoms with Crippen LogP contribution < -0.4 is 5.73 Å². The number of hydrogen-bond donors (Lipinski definition) is 1. The summed E-state index contributed by atoms with van der Waals surface area (Å²) in [7, 11) is 0. The zero-order valence-corrected chi connectivity index (χ0v) is 9.50. The van der Waals surface area contributed by atoms with Crippen LogP contribution in [-0.4, -0.2) is 26.2 Å². The molecule has 0 unspecified atom stereocenters. The number of aromatic nitrogens is 2. The lowest BCUT2D eigenvalue weighted by molar-refractivity contribution is -0.355. The largest absolute Gasteiger partial charge is 0.618 e. The number of carbonyl (C=O) groups excluding carboxylic acids is 1. The topological polar surface area (TPSA) is 94.9 Å². The molecule has 2 N–H and O–H groups in total. The number of nitrogens with two attached hydrogens (primary N) is 1. The zero-order valence-electron chi connectivity index (χ0n) is 9.50. The van der Waals surface area contributed by atoms with Gasteiger partial charge >= 0.3 is 0 Å². The predicted octanol–water partition coefficient (Wildman–Crippen LogP) is 1.03. The number of Topliss-reactive ketones (excluding diaryl/α,β-unsaturated/α-hetero) is 1. The minimum Gasteiger partial charge on any atom is -0.618 e. The van der Waals surface area contributed by atoms with Crippen molar-refractivity contribution in [2.45, 2.75) is 0 Å². The van der Waals surface area contributed by atoms with Crippen LogP contribution in [0.5, 0.6) is 0 Å². The van der Waals surface area contributed by atoms with E-state index in [9.17, 15) is 14.4 Å². The maximum atomic E-state index is 12.9. The number of fused-ring (bicyclic) bond motifs is 1. The Morgan fingerprint density at radius 1 is 1.21 bits per heavy atom. The van der Waals surface area contributed by atoms with Crippen molar-refractivity contribution in [1.82, 2.24) is 9.97 Å². The molecule has 7 heteroatoms. The van der Waals surface area contributed by atoms with Gasteiger partial charge in [0.2, 0.25) is 5.82 Å². The van der Waals surface area contributed by atoms with Crippen molar-refractivity contribution in [3.05, 3.63) is 52.9 Å². The Hall–Kier alpha value is -2.83. The van der Waals surface area contributed by atoms with E-state index in [1.807, 2.05) is 0 Å². The molecular formula is C12H7FN4O2. The van der Waals surface area contributed by atoms with Crippen molar-refractivity contribution in [3.8, 4) is 0 Å². The van der Waals surface area contributed by atoms with Gasteiger partial charge < -0.3 is 10.9 Å². The van der Waals surface area contributed by atoms with Gasteiger partial charge in [-0.3, -0.25) is 4.79 Å². The fourth-order valence-corrected chi connectivity index (χ4v) is 1.93. The van der Waals surface area contributed by atoms with Crippen LogP contribution in [0, 0.1) is 11.0 Å². The highest BCUT2D eigenvalue weighted by atomic mass is 19.1. The molecule has 1 aromatic carbocycles. The van der Waals surface area contributed by atoms with Gasteiger partial charge in [-0.05, 0) is 24.3 Å². The van der Waals surface area contributed by atoms with E-state index in [-0.39, 0.29) is 22.9 Å². The van der Waals surface area contributed by atoms with Crippen LogP contribution in [0.3, 0.4) is 0 Å². The standard InChI is InChI=1S/C12H7FN4O2/c13-7-3-1-6(2-4-7)9-11(18)8-10(17(9)19)12(14)16-5-15-8/h1-5H,(H2,14,15,16). The molecule has 94 valence electrons. The van der Waals surface area contributed by atoms with Gasteiger partial charge in [-0.2, -0.15) is 4.74 Å². The molecule has 3 rings (SSSR count). The van der Waals surface area contributed by atoms with Crippen molar-refractivity contribution in [3.63, 3.8) is 0 Å². The summed E-state index contributed by atoms with van der Waals surface area (Å²) in [6.07, 6.45) is 1.12. The number of anilines is 1. The average molecular weight is 258 g/mol. The summed E-state index contributed by atoms with van der Waals surface area (Å²) in [6.45, 7) is 0. The number of benzene rings is 1. The molecule has 0 aliphatic carbocycles. The van der Waals surface area contributed by atoms with E-state index in [1.54, 1.807) is 0 Å². The Bertz CT molecular complexity index is 725. The molecule has 0 radical (unpaired) electrons. The Morgan fingerprint density at radius 3 is 2.53 bits per heavy atom. The van der Waals surface area contributed by atoms with Crippen LogP contribution in [0.15, 0.2) is 30.6 Å². The van der Waals surface area contributed by atoms with Gasteiger partial charge in [0.15, 0.2) is 5.69 Å². The summed E-state index contributed by atoms with van der Waals surface area (Å²) >= 11 is 0. The Morgan fingerprint density at radius 2 is 1.89 bits per heavy atom. The van der Waals surface area contributed by atoms with Crippen molar-refractivity contribution in [2.24, 2.45) is 0 Å². The lowest BCUT2D eigenvalue weighted by Crippen LogP contribution is -2.16. The van der Waals surface area contributed by atoms with E-state index in [1.165, 1.54) is 24.3 Å². The summed E-state index contributed by atoms with van der Waals surface area (Å²) in [5, 5.41) is 12.1. The second-order valence-corrected chi connectivity index (χ2v) is 3.94. The van der Waals surface area contributed by atoms with Crippen molar-refractivity contribution >= 4 is 23.0 Å². The number of halogens is 1. The second-order valence-electron chi connectivity index (χ2n) is 3.94. The molecule has 0 saturated heterocycles. The summed E-state index contributed by atoms with van der Waals surface area (Å²) in [5.41, 5.74) is 5.64. The molecule has 0 fully saturated rings. The lowest BCUT2D eigenvalue weighted by atomic mass is 10.1. The first kappa shape index (κ1) is 11.3. The molecule has 1 aromatic heterocycles. The van der Waals surface area contributed by atoms with E-state index in [0.29, 0.717) is 10.3 Å². The minimum absolute atomic E-state index is 0.0400. The third-order valence-electron chi connectivity index (χ3n) is 2.80. The molecule has 19 heavy (non-hydrogen) atoms. The minimum atomic E-state index is -0.550. The summed E-state index contributed by atoms with van der Waals surface area (Å²) < 4.78 is 13.3. The van der Waals surface area contributed by atoms with E-state index < -0.39 is 11.6 Å². The Labute approximate surface area is 106 Å². The van der Waals surface area contributed by atoms with E-state index in [4.69, 9.17) is 5.73 Å². The van der Waals surface area contributed by atoms with Gasteiger partial charge in [0, 0.05) is 0 Å². The molecule has 0 amide bonds. The van der Waals surface area contributed by atoms with Crippen molar-refractivity contribution < 1.29 is 13.9 Å². The number of nitrogens with zero attached hydrogens (tertiary/aromatic N) is 3. The van der Waals surface area contributed by atoms with Gasteiger partial charge in [-0.25, -0.2) is 14.4 Å². The second kappa shape index (κ2) is 3.84. The summed E-state index contributed by atoms with van der Waals surface area (Å²) in [5.74, 6) is -1.07. The lowest BCUT2D eigenvalue weighted by Gasteiger charge is -2.02. The van der Waals surface area contributed by atoms with Crippen LogP contribution in [0.2, 0.25) is 0 Å². The monoisotopic (exact) mass is 258 g/mol. The van der Waals surface area contributed by atoms with Gasteiger partial charge in [0.25, 0.3) is 17.2 Å². The molecule has 2 aromatic rings. The highest BCUT2D eigenvalue weighted by Crippen LogP contribution is 2.30. The molecule has 0 atom stereocenters. The third kappa shape index (κ3) is 1.55. The van der Waals surface area contributed by atoms with Gasteiger partial charge in [0.1, 0.15) is 12.1 Å². The normalized spacial score (nSPS) is 13.8.